The van der Waals surface area contributed by atoms with Crippen molar-refractivity contribution in [2.24, 2.45) is 11.8 Å². The highest BCUT2D eigenvalue weighted by atomic mass is 16.5. The van der Waals surface area contributed by atoms with Gasteiger partial charge in [-0.2, -0.15) is 0 Å². The molecular weight excluding hydrogens is 266 g/mol. The maximum Gasteiger partial charge on any atom is 0.223 e. The van der Waals surface area contributed by atoms with Crippen LogP contribution in [-0.4, -0.2) is 43.7 Å². The predicted molar refractivity (Wildman–Crippen MR) is 81.1 cm³/mol. The summed E-state index contributed by atoms with van der Waals surface area (Å²) >= 11 is 0. The summed E-state index contributed by atoms with van der Waals surface area (Å²) in [7, 11) is 1.73. The van der Waals surface area contributed by atoms with Gasteiger partial charge < -0.3 is 15.0 Å². The number of carbonyl (C=O) groups excluding carboxylic acids is 1. The van der Waals surface area contributed by atoms with Crippen LogP contribution in [0.3, 0.4) is 0 Å². The van der Waals surface area contributed by atoms with Gasteiger partial charge in [0.1, 0.15) is 0 Å². The molecule has 5 heteroatoms. The summed E-state index contributed by atoms with van der Waals surface area (Å²) in [6, 6.07) is 4.49. The Morgan fingerprint density at radius 1 is 1.38 bits per heavy atom. The van der Waals surface area contributed by atoms with E-state index in [0.717, 1.165) is 19.4 Å². The lowest BCUT2D eigenvalue weighted by Crippen LogP contribution is -2.48. The molecular formula is C16H23N3O2. The van der Waals surface area contributed by atoms with E-state index in [1.807, 2.05) is 12.4 Å². The van der Waals surface area contributed by atoms with Crippen LogP contribution in [0.5, 0.6) is 0 Å². The highest BCUT2D eigenvalue weighted by Crippen LogP contribution is 2.36. The number of anilines is 1. The maximum atomic E-state index is 12.2. The van der Waals surface area contributed by atoms with Crippen LogP contribution in [0.4, 0.5) is 5.69 Å². The molecule has 0 saturated carbocycles. The van der Waals surface area contributed by atoms with Gasteiger partial charge in [0.15, 0.2) is 0 Å². The smallest absolute Gasteiger partial charge is 0.223 e. The molecule has 1 aromatic heterocycles. The molecule has 1 N–H and O–H groups in total. The third-order valence-electron chi connectivity index (χ3n) is 4.77. The summed E-state index contributed by atoms with van der Waals surface area (Å²) in [5, 5.41) is 2.82. The van der Waals surface area contributed by atoms with Crippen molar-refractivity contribution in [3.63, 3.8) is 0 Å². The highest BCUT2D eigenvalue weighted by molar-refractivity contribution is 5.79. The molecule has 2 fully saturated rings. The Balaban J connectivity index is 1.81. The van der Waals surface area contributed by atoms with Gasteiger partial charge in [-0.1, -0.05) is 0 Å². The molecule has 0 aromatic carbocycles. The number of pyridine rings is 1. The van der Waals surface area contributed by atoms with Crippen LogP contribution in [0.1, 0.15) is 19.3 Å². The zero-order valence-electron chi connectivity index (χ0n) is 12.5. The average Bonchev–Trinajstić information content (AvgIpc) is 3.04. The van der Waals surface area contributed by atoms with E-state index in [2.05, 4.69) is 27.3 Å². The Labute approximate surface area is 125 Å². The maximum absolute atomic E-state index is 12.2. The molecule has 0 aliphatic carbocycles. The number of aromatic nitrogens is 1. The van der Waals surface area contributed by atoms with Crippen molar-refractivity contribution < 1.29 is 9.53 Å². The summed E-state index contributed by atoms with van der Waals surface area (Å²) in [5.41, 5.74) is 1.20. The molecule has 0 spiro atoms. The van der Waals surface area contributed by atoms with Crippen molar-refractivity contribution in [3.05, 3.63) is 24.5 Å². The summed E-state index contributed by atoms with van der Waals surface area (Å²) in [6.07, 6.45) is 6.79. The van der Waals surface area contributed by atoms with E-state index in [-0.39, 0.29) is 17.7 Å². The SMILES string of the molecule is CNC(=O)C1CCOCC1C1CCCN1c1ccncc1. The van der Waals surface area contributed by atoms with Crippen LogP contribution in [0.2, 0.25) is 0 Å². The van der Waals surface area contributed by atoms with E-state index >= 15 is 0 Å². The summed E-state index contributed by atoms with van der Waals surface area (Å²) in [4.78, 5) is 18.7. The second-order valence-electron chi connectivity index (χ2n) is 5.86. The first-order valence-electron chi connectivity index (χ1n) is 7.77. The Morgan fingerprint density at radius 3 is 2.95 bits per heavy atom. The first-order chi connectivity index (χ1) is 10.3. The van der Waals surface area contributed by atoms with E-state index in [4.69, 9.17) is 4.74 Å². The minimum atomic E-state index is 0.0659. The topological polar surface area (TPSA) is 54.5 Å². The van der Waals surface area contributed by atoms with Crippen molar-refractivity contribution in [1.29, 1.82) is 0 Å². The van der Waals surface area contributed by atoms with E-state index in [1.54, 1.807) is 7.05 Å². The lowest BCUT2D eigenvalue weighted by Gasteiger charge is -2.39. The van der Waals surface area contributed by atoms with Crippen molar-refractivity contribution >= 4 is 11.6 Å². The second-order valence-corrected chi connectivity index (χ2v) is 5.86. The van der Waals surface area contributed by atoms with Crippen LogP contribution in [0.25, 0.3) is 0 Å². The molecule has 1 amide bonds. The fourth-order valence-electron chi connectivity index (χ4n) is 3.74. The number of amides is 1. The monoisotopic (exact) mass is 289 g/mol. The minimum Gasteiger partial charge on any atom is -0.381 e. The number of nitrogens with zero attached hydrogens (tertiary/aromatic N) is 2. The molecule has 3 rings (SSSR count). The van der Waals surface area contributed by atoms with Gasteiger partial charge in [0.05, 0.1) is 6.61 Å². The van der Waals surface area contributed by atoms with Crippen LogP contribution < -0.4 is 10.2 Å². The number of hydrogen-bond donors (Lipinski definition) is 1. The average molecular weight is 289 g/mol. The van der Waals surface area contributed by atoms with E-state index in [0.29, 0.717) is 19.3 Å². The standard InChI is InChI=1S/C16H23N3O2/c1-17-16(20)13-6-10-21-11-14(13)15-3-2-9-19(15)12-4-7-18-8-5-12/h4-5,7-8,13-15H,2-3,6,9-11H2,1H3,(H,17,20). The van der Waals surface area contributed by atoms with Crippen LogP contribution >= 0.6 is 0 Å². The summed E-state index contributed by atoms with van der Waals surface area (Å²) < 4.78 is 5.68. The van der Waals surface area contributed by atoms with Crippen molar-refractivity contribution in [2.75, 3.05) is 31.7 Å². The van der Waals surface area contributed by atoms with Crippen LogP contribution in [-0.2, 0) is 9.53 Å². The molecule has 2 saturated heterocycles. The summed E-state index contributed by atoms with van der Waals surface area (Å²) in [6.45, 7) is 2.42. The van der Waals surface area contributed by atoms with Gasteiger partial charge in [-0.15, -0.1) is 0 Å². The Kier molecular flexibility index (Phi) is 4.39. The van der Waals surface area contributed by atoms with Crippen LogP contribution in [0, 0.1) is 11.8 Å². The van der Waals surface area contributed by atoms with E-state index < -0.39 is 0 Å². The van der Waals surface area contributed by atoms with Crippen LogP contribution in [0.15, 0.2) is 24.5 Å². The van der Waals surface area contributed by atoms with Gasteiger partial charge >= 0.3 is 0 Å². The van der Waals surface area contributed by atoms with E-state index in [1.165, 1.54) is 12.1 Å². The highest BCUT2D eigenvalue weighted by Gasteiger charge is 2.40. The molecule has 3 atom stereocenters. The van der Waals surface area contributed by atoms with Gasteiger partial charge in [0.2, 0.25) is 5.91 Å². The Morgan fingerprint density at radius 2 is 2.19 bits per heavy atom. The molecule has 114 valence electrons. The molecule has 21 heavy (non-hydrogen) atoms. The van der Waals surface area contributed by atoms with Gasteiger partial charge in [0, 0.05) is 56.2 Å². The third-order valence-corrected chi connectivity index (χ3v) is 4.77. The molecule has 1 aromatic rings. The zero-order valence-corrected chi connectivity index (χ0v) is 12.5. The number of ether oxygens (including phenoxy) is 1. The fourth-order valence-corrected chi connectivity index (χ4v) is 3.74. The van der Waals surface area contributed by atoms with Gasteiger partial charge in [0.25, 0.3) is 0 Å². The number of carbonyl (C=O) groups is 1. The van der Waals surface area contributed by atoms with Crippen molar-refractivity contribution in [2.45, 2.75) is 25.3 Å². The molecule has 0 radical (unpaired) electrons. The van der Waals surface area contributed by atoms with Gasteiger partial charge in [-0.25, -0.2) is 0 Å². The number of hydrogen-bond acceptors (Lipinski definition) is 4. The number of nitrogens with one attached hydrogen (secondary N) is 1. The van der Waals surface area contributed by atoms with Crippen molar-refractivity contribution in [3.8, 4) is 0 Å². The lowest BCUT2D eigenvalue weighted by molar-refractivity contribution is -0.131. The normalized spacial score (nSPS) is 29.4. The first kappa shape index (κ1) is 14.3. The molecule has 2 aliphatic rings. The largest absolute Gasteiger partial charge is 0.381 e. The quantitative estimate of drug-likeness (QED) is 0.915. The Bertz CT molecular complexity index is 480. The van der Waals surface area contributed by atoms with Crippen molar-refractivity contribution in [1.82, 2.24) is 10.3 Å². The first-order valence-corrected chi connectivity index (χ1v) is 7.77. The van der Waals surface area contributed by atoms with E-state index in [9.17, 15) is 4.79 Å². The molecule has 5 nitrogen and oxygen atoms in total. The predicted octanol–water partition coefficient (Wildman–Crippen LogP) is 1.45. The summed E-state index contributed by atoms with van der Waals surface area (Å²) in [5.74, 6) is 0.496. The molecule has 2 aliphatic heterocycles. The molecule has 0 bridgehead atoms. The van der Waals surface area contributed by atoms with Gasteiger partial charge in [-0.05, 0) is 31.4 Å². The van der Waals surface area contributed by atoms with Gasteiger partial charge in [-0.3, -0.25) is 9.78 Å². The lowest BCUT2D eigenvalue weighted by atomic mass is 9.81. The number of rotatable bonds is 3. The molecule has 3 unspecified atom stereocenters. The molecule has 3 heterocycles. The zero-order chi connectivity index (χ0) is 14.7. The Hall–Kier alpha value is -1.62. The fraction of sp³-hybridized carbons (Fsp3) is 0.625. The minimum absolute atomic E-state index is 0.0659. The third kappa shape index (κ3) is 2.88. The second kappa shape index (κ2) is 6.43.